The van der Waals surface area contributed by atoms with Crippen LogP contribution in [0.25, 0.3) is 0 Å². The van der Waals surface area contributed by atoms with Gasteiger partial charge in [-0.3, -0.25) is 10.1 Å². The highest BCUT2D eigenvalue weighted by molar-refractivity contribution is 7.09. The number of thiazole rings is 1. The number of carbonyl (C=O) groups excluding carboxylic acids is 1. The van der Waals surface area contributed by atoms with Crippen molar-refractivity contribution >= 4 is 23.0 Å². The number of nitro groups is 1. The van der Waals surface area contributed by atoms with Gasteiger partial charge in [0.25, 0.3) is 5.69 Å². The average molecular weight is 491 g/mol. The molecule has 2 fully saturated rings. The number of carbonyl (C=O) groups is 1. The third-order valence-corrected chi connectivity index (χ3v) is 7.47. The Bertz CT molecular complexity index is 1040. The first-order valence-electron chi connectivity index (χ1n) is 11.6. The number of aryl methyl sites for hydroxylation is 1. The second-order valence-electron chi connectivity index (χ2n) is 9.24. The lowest BCUT2D eigenvalue weighted by atomic mass is 9.85. The van der Waals surface area contributed by atoms with Crippen LogP contribution in [0.4, 0.5) is 5.69 Å². The summed E-state index contributed by atoms with van der Waals surface area (Å²) in [5.41, 5.74) is 0.930. The fraction of sp³-hybridized carbons (Fsp3) is 0.583. The summed E-state index contributed by atoms with van der Waals surface area (Å²) in [6.07, 6.45) is 2.01. The minimum atomic E-state index is -0.469. The van der Waals surface area contributed by atoms with Crippen molar-refractivity contribution in [3.05, 3.63) is 50.0 Å². The van der Waals surface area contributed by atoms with Gasteiger partial charge in [-0.05, 0) is 64.0 Å². The van der Waals surface area contributed by atoms with Gasteiger partial charge in [0.2, 0.25) is 0 Å². The van der Waals surface area contributed by atoms with Crippen molar-refractivity contribution in [3.63, 3.8) is 0 Å². The minimum absolute atomic E-state index is 0.0599. The van der Waals surface area contributed by atoms with Crippen LogP contribution < -0.4 is 4.74 Å². The number of hydrogen-bond acceptors (Lipinski definition) is 9. The van der Waals surface area contributed by atoms with Gasteiger partial charge in [-0.15, -0.1) is 11.3 Å². The van der Waals surface area contributed by atoms with E-state index in [0.717, 1.165) is 17.8 Å². The maximum Gasteiger partial charge on any atom is 0.358 e. The van der Waals surface area contributed by atoms with Gasteiger partial charge >= 0.3 is 5.97 Å². The van der Waals surface area contributed by atoms with E-state index >= 15 is 0 Å². The summed E-state index contributed by atoms with van der Waals surface area (Å²) in [5, 5.41) is 24.1. The number of aliphatic hydroxyl groups excluding tert-OH is 1. The van der Waals surface area contributed by atoms with E-state index in [4.69, 9.17) is 14.2 Å². The molecule has 1 saturated heterocycles. The number of esters is 1. The second kappa shape index (κ2) is 10.4. The first kappa shape index (κ1) is 24.6. The van der Waals surface area contributed by atoms with E-state index in [2.05, 4.69) is 4.98 Å². The summed E-state index contributed by atoms with van der Waals surface area (Å²) in [7, 11) is 0. The first-order chi connectivity index (χ1) is 16.2. The molecular formula is C24H30N2O7S. The number of nitrogens with zero attached hydrogens (tertiary/aromatic N) is 2. The molecule has 0 amide bonds. The van der Waals surface area contributed by atoms with Crippen LogP contribution >= 0.6 is 11.3 Å². The maximum atomic E-state index is 12.1. The predicted molar refractivity (Wildman–Crippen MR) is 125 cm³/mol. The maximum absolute atomic E-state index is 12.1. The van der Waals surface area contributed by atoms with Crippen molar-refractivity contribution in [2.24, 2.45) is 11.8 Å². The SMILES string of the molecule is Cc1cc(OCC[C@@H]2[C@H]3CC[C@H](c4nc(C(=O)OC(C)C)cs4)O[C@H]3C[C@H]2O)ccc1[N+](=O)[O-]. The van der Waals surface area contributed by atoms with Gasteiger partial charge in [-0.1, -0.05) is 0 Å². The monoisotopic (exact) mass is 490 g/mol. The van der Waals surface area contributed by atoms with Crippen LogP contribution in [0.2, 0.25) is 0 Å². The number of nitro benzene ring substituents is 1. The molecule has 184 valence electrons. The number of hydrogen-bond donors (Lipinski definition) is 1. The van der Waals surface area contributed by atoms with E-state index < -0.39 is 17.0 Å². The lowest BCUT2D eigenvalue weighted by Gasteiger charge is -2.34. The predicted octanol–water partition coefficient (Wildman–Crippen LogP) is 4.61. The molecule has 2 heterocycles. The number of benzene rings is 1. The molecule has 5 atom stereocenters. The van der Waals surface area contributed by atoms with Crippen molar-refractivity contribution in [2.75, 3.05) is 6.61 Å². The smallest absolute Gasteiger partial charge is 0.358 e. The first-order valence-corrected chi connectivity index (χ1v) is 12.5. The molecule has 4 rings (SSSR count). The molecule has 2 aliphatic rings. The quantitative estimate of drug-likeness (QED) is 0.323. The van der Waals surface area contributed by atoms with Crippen molar-refractivity contribution in [1.29, 1.82) is 0 Å². The molecule has 1 N–H and O–H groups in total. The Morgan fingerprint density at radius 2 is 2.18 bits per heavy atom. The third-order valence-electron chi connectivity index (χ3n) is 6.53. The van der Waals surface area contributed by atoms with Crippen molar-refractivity contribution in [1.82, 2.24) is 4.98 Å². The third kappa shape index (κ3) is 5.39. The molecule has 1 saturated carbocycles. The van der Waals surface area contributed by atoms with Crippen LogP contribution in [0, 0.1) is 28.9 Å². The molecule has 34 heavy (non-hydrogen) atoms. The number of ether oxygens (including phenoxy) is 3. The van der Waals surface area contributed by atoms with Gasteiger partial charge in [-0.2, -0.15) is 0 Å². The zero-order valence-electron chi connectivity index (χ0n) is 19.5. The molecule has 1 aliphatic carbocycles. The number of rotatable bonds is 8. The Hall–Kier alpha value is -2.56. The standard InChI is InChI=1S/C24H30N2O7S/c1-13(2)32-24(28)18-12-34-23(25-18)21-7-5-17-16(20(27)11-22(17)33-21)8-9-31-15-4-6-19(26(29)30)14(3)10-15/h4,6,10,12-13,16-17,20-22,27H,5,7-9,11H2,1-3H3/t16-,17-,20-,21-,22+/m1/s1. The van der Waals surface area contributed by atoms with Gasteiger partial charge in [0.15, 0.2) is 5.69 Å². The Morgan fingerprint density at radius 1 is 1.38 bits per heavy atom. The topological polar surface area (TPSA) is 121 Å². The van der Waals surface area contributed by atoms with Crippen molar-refractivity contribution in [3.8, 4) is 5.75 Å². The van der Waals surface area contributed by atoms with E-state index in [9.17, 15) is 20.0 Å². The van der Waals surface area contributed by atoms with E-state index in [-0.39, 0.29) is 35.8 Å². The normalized spacial score (nSPS) is 26.3. The fourth-order valence-electron chi connectivity index (χ4n) is 4.96. The number of aromatic nitrogens is 1. The Labute approximate surface area is 202 Å². The molecule has 0 unspecified atom stereocenters. The Kier molecular flexibility index (Phi) is 7.49. The summed E-state index contributed by atoms with van der Waals surface area (Å²) >= 11 is 1.40. The largest absolute Gasteiger partial charge is 0.494 e. The van der Waals surface area contributed by atoms with E-state index in [0.29, 0.717) is 36.5 Å². The molecule has 9 nitrogen and oxygen atoms in total. The highest BCUT2D eigenvalue weighted by Gasteiger charge is 2.46. The van der Waals surface area contributed by atoms with Crippen LogP contribution in [-0.4, -0.2) is 45.9 Å². The van der Waals surface area contributed by atoms with Crippen LogP contribution in [0.1, 0.15) is 66.7 Å². The highest BCUT2D eigenvalue weighted by Crippen LogP contribution is 2.47. The minimum Gasteiger partial charge on any atom is -0.494 e. The van der Waals surface area contributed by atoms with Crippen LogP contribution in [0.15, 0.2) is 23.6 Å². The van der Waals surface area contributed by atoms with Crippen molar-refractivity contribution < 1.29 is 29.0 Å². The zero-order chi connectivity index (χ0) is 24.4. The Balaban J connectivity index is 1.31. The highest BCUT2D eigenvalue weighted by atomic mass is 32.1. The molecule has 1 aromatic carbocycles. The van der Waals surface area contributed by atoms with Crippen LogP contribution in [0.5, 0.6) is 5.75 Å². The lowest BCUT2D eigenvalue weighted by Crippen LogP contribution is -2.31. The van der Waals surface area contributed by atoms with Gasteiger partial charge in [0, 0.05) is 23.4 Å². The molecule has 0 bridgehead atoms. The van der Waals surface area contributed by atoms with Gasteiger partial charge < -0.3 is 19.3 Å². The van der Waals surface area contributed by atoms with Crippen LogP contribution in [-0.2, 0) is 9.47 Å². The molecular weight excluding hydrogens is 460 g/mol. The lowest BCUT2D eigenvalue weighted by molar-refractivity contribution is -0.385. The molecule has 0 radical (unpaired) electrons. The molecule has 1 aliphatic heterocycles. The molecule has 2 aromatic rings. The summed E-state index contributed by atoms with van der Waals surface area (Å²) in [6, 6.07) is 4.72. The molecule has 10 heteroatoms. The van der Waals surface area contributed by atoms with E-state index in [1.165, 1.54) is 17.4 Å². The van der Waals surface area contributed by atoms with Gasteiger partial charge in [0.05, 0.1) is 29.8 Å². The van der Waals surface area contributed by atoms with E-state index in [1.807, 2.05) is 0 Å². The van der Waals surface area contributed by atoms with Crippen molar-refractivity contribution in [2.45, 2.75) is 70.9 Å². The Morgan fingerprint density at radius 3 is 2.88 bits per heavy atom. The average Bonchev–Trinajstić information content (AvgIpc) is 3.38. The van der Waals surface area contributed by atoms with Gasteiger partial charge in [0.1, 0.15) is 16.9 Å². The van der Waals surface area contributed by atoms with E-state index in [1.54, 1.807) is 38.3 Å². The zero-order valence-corrected chi connectivity index (χ0v) is 20.3. The fourth-order valence-corrected chi connectivity index (χ4v) is 5.81. The summed E-state index contributed by atoms with van der Waals surface area (Å²) in [6.45, 7) is 5.70. The number of aliphatic hydroxyl groups is 1. The van der Waals surface area contributed by atoms with Crippen LogP contribution in [0.3, 0.4) is 0 Å². The number of fused-ring (bicyclic) bond motifs is 1. The van der Waals surface area contributed by atoms with Gasteiger partial charge in [-0.25, -0.2) is 9.78 Å². The summed E-state index contributed by atoms with van der Waals surface area (Å²) in [4.78, 5) is 27.1. The molecule has 1 aromatic heterocycles. The summed E-state index contributed by atoms with van der Waals surface area (Å²) < 4.78 is 17.4. The second-order valence-corrected chi connectivity index (χ2v) is 10.1. The summed E-state index contributed by atoms with van der Waals surface area (Å²) in [5.74, 6) is 0.463. The molecule has 0 spiro atoms.